The first-order valence-electron chi connectivity index (χ1n) is 4.42. The van der Waals surface area contributed by atoms with E-state index in [9.17, 15) is 0 Å². The third-order valence-corrected chi connectivity index (χ3v) is 1.70. The average Bonchev–Trinajstić information content (AvgIpc) is 2.53. The standard InChI is InChI=1S/C9H16N2O/c1-3-10-5-6-11(9-10)7-8-12-4-2/h5-6H,3-4,7-8H2,1-2H3. The molecule has 1 aromatic rings. The Morgan fingerprint density at radius 3 is 2.92 bits per heavy atom. The quantitative estimate of drug-likeness (QED) is 0.358. The minimum Gasteiger partial charge on any atom is -0.378 e. The van der Waals surface area contributed by atoms with Crippen molar-refractivity contribution in [2.75, 3.05) is 13.2 Å². The molecular formula is C9H16N2O. The zero-order chi connectivity index (χ0) is 8.81. The first kappa shape index (κ1) is 9.26. The summed E-state index contributed by atoms with van der Waals surface area (Å²) < 4.78 is 9.26. The van der Waals surface area contributed by atoms with Gasteiger partial charge in [-0.15, -0.1) is 0 Å². The van der Waals surface area contributed by atoms with Gasteiger partial charge in [0, 0.05) is 6.61 Å². The molecule has 1 rings (SSSR count). The van der Waals surface area contributed by atoms with Crippen LogP contribution in [0, 0.1) is 6.33 Å². The Bertz CT molecular complexity index is 220. The van der Waals surface area contributed by atoms with Crippen LogP contribution < -0.4 is 4.57 Å². The van der Waals surface area contributed by atoms with E-state index in [0.29, 0.717) is 0 Å². The number of ether oxygens (including phenoxy) is 1. The Balaban J connectivity index is 2.31. The van der Waals surface area contributed by atoms with Gasteiger partial charge in [0.15, 0.2) is 0 Å². The molecule has 0 unspecified atom stereocenters. The van der Waals surface area contributed by atoms with E-state index in [2.05, 4.69) is 13.3 Å². The number of aryl methyl sites for hydroxylation is 1. The molecule has 3 heteroatoms. The molecule has 0 N–H and O–H groups in total. The van der Waals surface area contributed by atoms with Crippen molar-refractivity contribution in [3.63, 3.8) is 0 Å². The molecule has 0 bridgehead atoms. The normalized spacial score (nSPS) is 10.5. The van der Waals surface area contributed by atoms with Gasteiger partial charge in [0.25, 0.3) is 0 Å². The molecule has 12 heavy (non-hydrogen) atoms. The van der Waals surface area contributed by atoms with E-state index in [1.54, 1.807) is 0 Å². The fraction of sp³-hybridized carbons (Fsp3) is 0.667. The van der Waals surface area contributed by atoms with Crippen molar-refractivity contribution in [3.05, 3.63) is 18.7 Å². The first-order chi connectivity index (χ1) is 5.86. The highest BCUT2D eigenvalue weighted by atomic mass is 16.5. The monoisotopic (exact) mass is 168 g/mol. The Kier molecular flexibility index (Phi) is 3.80. The van der Waals surface area contributed by atoms with Gasteiger partial charge in [-0.2, -0.15) is 0 Å². The molecule has 0 aliphatic carbocycles. The molecule has 3 nitrogen and oxygen atoms in total. The molecule has 0 radical (unpaired) electrons. The van der Waals surface area contributed by atoms with E-state index >= 15 is 0 Å². The second kappa shape index (κ2) is 4.93. The van der Waals surface area contributed by atoms with Crippen molar-refractivity contribution in [2.24, 2.45) is 0 Å². The highest BCUT2D eigenvalue weighted by Crippen LogP contribution is 1.82. The molecular weight excluding hydrogens is 152 g/mol. The highest BCUT2D eigenvalue weighted by molar-refractivity contribution is 4.62. The fourth-order valence-corrected chi connectivity index (χ4v) is 1.00. The lowest BCUT2D eigenvalue weighted by molar-refractivity contribution is -0.702. The van der Waals surface area contributed by atoms with Crippen LogP contribution in [0.4, 0.5) is 0 Å². The van der Waals surface area contributed by atoms with Gasteiger partial charge < -0.3 is 13.9 Å². The zero-order valence-corrected chi connectivity index (χ0v) is 7.79. The summed E-state index contributed by atoms with van der Waals surface area (Å²) in [6.07, 6.45) is 7.21. The lowest BCUT2D eigenvalue weighted by Crippen LogP contribution is -2.34. The molecule has 0 aliphatic rings. The minimum atomic E-state index is 0.769. The first-order valence-corrected chi connectivity index (χ1v) is 4.42. The SMILES string of the molecule is CCOCC[n+]1[c-]n(CC)cc1. The number of hydrogen-bond donors (Lipinski definition) is 0. The summed E-state index contributed by atoms with van der Waals surface area (Å²) in [6.45, 7) is 7.53. The molecule has 1 aromatic heterocycles. The predicted octanol–water partition coefficient (Wildman–Crippen LogP) is 0.632. The van der Waals surface area contributed by atoms with E-state index in [0.717, 1.165) is 26.3 Å². The molecule has 0 amide bonds. The molecule has 68 valence electrons. The van der Waals surface area contributed by atoms with Gasteiger partial charge in [0.1, 0.15) is 0 Å². The third kappa shape index (κ3) is 2.66. The fourth-order valence-electron chi connectivity index (χ4n) is 1.00. The summed E-state index contributed by atoms with van der Waals surface area (Å²) in [5.74, 6) is 0. The van der Waals surface area contributed by atoms with Crippen molar-refractivity contribution in [1.82, 2.24) is 4.57 Å². The van der Waals surface area contributed by atoms with Gasteiger partial charge in [-0.3, -0.25) is 0 Å². The molecule has 0 spiro atoms. The number of hydrogen-bond acceptors (Lipinski definition) is 1. The van der Waals surface area contributed by atoms with E-state index < -0.39 is 0 Å². The Morgan fingerprint density at radius 1 is 1.50 bits per heavy atom. The highest BCUT2D eigenvalue weighted by Gasteiger charge is 1.92. The smallest absolute Gasteiger partial charge is 0.203 e. The summed E-state index contributed by atoms with van der Waals surface area (Å²) in [4.78, 5) is 0. The molecule has 0 saturated carbocycles. The van der Waals surface area contributed by atoms with Gasteiger partial charge >= 0.3 is 0 Å². The largest absolute Gasteiger partial charge is 0.378 e. The molecule has 0 aromatic carbocycles. The van der Waals surface area contributed by atoms with Crippen LogP contribution in [0.3, 0.4) is 0 Å². The van der Waals surface area contributed by atoms with Crippen LogP contribution in [-0.2, 0) is 17.8 Å². The van der Waals surface area contributed by atoms with Crippen LogP contribution >= 0.6 is 0 Å². The van der Waals surface area contributed by atoms with Crippen molar-refractivity contribution >= 4 is 0 Å². The van der Waals surface area contributed by atoms with Crippen LogP contribution in [0.2, 0.25) is 0 Å². The minimum absolute atomic E-state index is 0.769. The van der Waals surface area contributed by atoms with Crippen molar-refractivity contribution in [1.29, 1.82) is 0 Å². The van der Waals surface area contributed by atoms with Gasteiger partial charge in [-0.05, 0) is 26.2 Å². The van der Waals surface area contributed by atoms with Crippen molar-refractivity contribution < 1.29 is 9.30 Å². The maximum atomic E-state index is 5.23. The van der Waals surface area contributed by atoms with Crippen LogP contribution in [0.1, 0.15) is 13.8 Å². The summed E-state index contributed by atoms with van der Waals surface area (Å²) in [6, 6.07) is 0. The lowest BCUT2D eigenvalue weighted by Gasteiger charge is -2.00. The average molecular weight is 168 g/mol. The topological polar surface area (TPSA) is 18.0 Å². The number of imidazole rings is 1. The van der Waals surface area contributed by atoms with E-state index in [1.807, 2.05) is 28.5 Å². The number of nitrogens with zero attached hydrogens (tertiary/aromatic N) is 2. The van der Waals surface area contributed by atoms with Crippen LogP contribution in [0.15, 0.2) is 12.4 Å². The van der Waals surface area contributed by atoms with Gasteiger partial charge in [0.05, 0.1) is 19.7 Å². The molecule has 0 fully saturated rings. The van der Waals surface area contributed by atoms with E-state index in [4.69, 9.17) is 4.74 Å². The molecule has 0 atom stereocenters. The number of aromatic nitrogens is 2. The maximum Gasteiger partial charge on any atom is 0.203 e. The Morgan fingerprint density at radius 2 is 2.33 bits per heavy atom. The summed E-state index contributed by atoms with van der Waals surface area (Å²) >= 11 is 0. The molecule has 0 aliphatic heterocycles. The maximum absolute atomic E-state index is 5.23. The van der Waals surface area contributed by atoms with E-state index in [1.165, 1.54) is 0 Å². The summed E-state index contributed by atoms with van der Waals surface area (Å²) in [5.41, 5.74) is 0. The van der Waals surface area contributed by atoms with Crippen LogP contribution in [0.5, 0.6) is 0 Å². The molecule has 0 saturated heterocycles. The van der Waals surface area contributed by atoms with Crippen molar-refractivity contribution in [3.8, 4) is 0 Å². The van der Waals surface area contributed by atoms with Gasteiger partial charge in [0.2, 0.25) is 6.33 Å². The van der Waals surface area contributed by atoms with Crippen molar-refractivity contribution in [2.45, 2.75) is 26.9 Å². The third-order valence-electron chi connectivity index (χ3n) is 1.70. The Hall–Kier alpha value is -0.830. The second-order valence-corrected chi connectivity index (χ2v) is 2.57. The summed E-state index contributed by atoms with van der Waals surface area (Å²) in [7, 11) is 0. The second-order valence-electron chi connectivity index (χ2n) is 2.57. The number of rotatable bonds is 5. The molecule has 1 heterocycles. The lowest BCUT2D eigenvalue weighted by atomic mass is 10.6. The van der Waals surface area contributed by atoms with Gasteiger partial charge in [-0.25, -0.2) is 0 Å². The summed E-state index contributed by atoms with van der Waals surface area (Å²) in [5, 5.41) is 0. The Labute approximate surface area is 73.6 Å². The zero-order valence-electron chi connectivity index (χ0n) is 7.79. The predicted molar refractivity (Wildman–Crippen MR) is 45.6 cm³/mol. The van der Waals surface area contributed by atoms with Crippen LogP contribution in [0.25, 0.3) is 0 Å². The van der Waals surface area contributed by atoms with E-state index in [-0.39, 0.29) is 0 Å². The van der Waals surface area contributed by atoms with Crippen LogP contribution in [-0.4, -0.2) is 17.8 Å². The van der Waals surface area contributed by atoms with Gasteiger partial charge in [-0.1, -0.05) is 0 Å².